The van der Waals surface area contributed by atoms with Crippen LogP contribution in [0.1, 0.15) is 34.6 Å². The molecule has 1 atom stereocenters. The van der Waals surface area contributed by atoms with E-state index < -0.39 is 11.6 Å². The minimum atomic E-state index is -0.677. The third kappa shape index (κ3) is 3.93. The number of imidazole rings is 1. The van der Waals surface area contributed by atoms with Gasteiger partial charge >= 0.3 is 0 Å². The lowest BCUT2D eigenvalue weighted by Gasteiger charge is -2.12. The van der Waals surface area contributed by atoms with Gasteiger partial charge in [-0.25, -0.2) is 13.8 Å². The minimum absolute atomic E-state index is 0.0481. The van der Waals surface area contributed by atoms with Crippen molar-refractivity contribution < 1.29 is 18.3 Å². The van der Waals surface area contributed by atoms with Crippen molar-refractivity contribution in [1.29, 1.82) is 0 Å². The van der Waals surface area contributed by atoms with E-state index in [1.807, 2.05) is 0 Å². The molecule has 1 amide bonds. The summed E-state index contributed by atoms with van der Waals surface area (Å²) >= 11 is 0. The molecule has 6 nitrogen and oxygen atoms in total. The van der Waals surface area contributed by atoms with Crippen LogP contribution in [0.2, 0.25) is 0 Å². The van der Waals surface area contributed by atoms with E-state index in [1.165, 1.54) is 18.2 Å². The predicted molar refractivity (Wildman–Crippen MR) is 104 cm³/mol. The molecule has 1 aliphatic carbocycles. The number of carbonyl (C=O) groups is 1. The summed E-state index contributed by atoms with van der Waals surface area (Å²) in [6.07, 6.45) is 3.91. The van der Waals surface area contributed by atoms with E-state index in [9.17, 15) is 13.6 Å². The Morgan fingerprint density at radius 1 is 1.31 bits per heavy atom. The van der Waals surface area contributed by atoms with Gasteiger partial charge in [-0.05, 0) is 49.9 Å². The first-order valence-electron chi connectivity index (χ1n) is 9.53. The summed E-state index contributed by atoms with van der Waals surface area (Å²) in [5, 5.41) is 2.87. The van der Waals surface area contributed by atoms with Crippen molar-refractivity contribution >= 4 is 11.6 Å². The second kappa shape index (κ2) is 7.79. The monoisotopic (exact) mass is 400 g/mol. The highest BCUT2D eigenvalue weighted by Crippen LogP contribution is 2.31. The van der Waals surface area contributed by atoms with Crippen LogP contribution in [0, 0.1) is 24.5 Å². The molecule has 152 valence electrons. The smallest absolute Gasteiger partial charge is 0.270 e. The van der Waals surface area contributed by atoms with Gasteiger partial charge in [0.1, 0.15) is 23.9 Å². The van der Waals surface area contributed by atoms with Gasteiger partial charge in [-0.15, -0.1) is 0 Å². The zero-order valence-electron chi connectivity index (χ0n) is 16.0. The van der Waals surface area contributed by atoms with E-state index in [1.54, 1.807) is 29.7 Å². The molecule has 8 heteroatoms. The average Bonchev–Trinajstić information content (AvgIpc) is 3.48. The standard InChI is InChI=1S/C21H22F2N4O2/c1-12-19(21(28)25-10-17(24)13-7-8-13)27-9-3-6-18(20(27)26-12)29-11-14-15(22)4-2-5-16(14)23/h2-6,9,13,17H,7-8,10-11,24H2,1H3,(H,25,28). The Bertz CT molecular complexity index is 1040. The molecule has 1 aromatic carbocycles. The number of nitrogens with two attached hydrogens (primary N) is 1. The molecule has 0 saturated heterocycles. The van der Waals surface area contributed by atoms with Gasteiger partial charge in [0.2, 0.25) is 0 Å². The number of fused-ring (bicyclic) bond motifs is 1. The van der Waals surface area contributed by atoms with E-state index in [0.29, 0.717) is 35.2 Å². The van der Waals surface area contributed by atoms with Crippen molar-refractivity contribution in [2.45, 2.75) is 32.4 Å². The van der Waals surface area contributed by atoms with E-state index in [2.05, 4.69) is 10.3 Å². The van der Waals surface area contributed by atoms with Gasteiger partial charge in [0.25, 0.3) is 5.91 Å². The quantitative estimate of drug-likeness (QED) is 0.639. The molecule has 1 unspecified atom stereocenters. The number of aryl methyl sites for hydroxylation is 1. The molecular weight excluding hydrogens is 378 g/mol. The van der Waals surface area contributed by atoms with Gasteiger partial charge in [0.05, 0.1) is 11.3 Å². The summed E-state index contributed by atoms with van der Waals surface area (Å²) in [5.74, 6) is -0.820. The molecule has 3 N–H and O–H groups in total. The number of hydrogen-bond acceptors (Lipinski definition) is 4. The summed E-state index contributed by atoms with van der Waals surface area (Å²) < 4.78 is 34.9. The molecule has 0 radical (unpaired) electrons. The highest BCUT2D eigenvalue weighted by molar-refractivity contribution is 5.95. The summed E-state index contributed by atoms with van der Waals surface area (Å²) in [7, 11) is 0. The van der Waals surface area contributed by atoms with Crippen LogP contribution in [0.5, 0.6) is 5.75 Å². The lowest BCUT2D eigenvalue weighted by atomic mass is 10.2. The summed E-state index contributed by atoms with van der Waals surface area (Å²) in [6, 6.07) is 6.94. The molecule has 3 aromatic rings. The molecule has 1 saturated carbocycles. The maximum atomic E-state index is 13.8. The Labute approximate surface area is 166 Å². The number of benzene rings is 1. The van der Waals surface area contributed by atoms with Crippen molar-refractivity contribution in [3.63, 3.8) is 0 Å². The van der Waals surface area contributed by atoms with E-state index in [0.717, 1.165) is 12.8 Å². The number of pyridine rings is 1. The summed E-state index contributed by atoms with van der Waals surface area (Å²) in [4.78, 5) is 17.1. The Morgan fingerprint density at radius 2 is 2.03 bits per heavy atom. The number of ether oxygens (including phenoxy) is 1. The zero-order valence-corrected chi connectivity index (χ0v) is 16.0. The number of rotatable bonds is 7. The number of nitrogens with one attached hydrogen (secondary N) is 1. The number of nitrogens with zero attached hydrogens (tertiary/aromatic N) is 2. The number of hydrogen-bond donors (Lipinski definition) is 2. The van der Waals surface area contributed by atoms with Crippen LogP contribution in [-0.4, -0.2) is 27.9 Å². The largest absolute Gasteiger partial charge is 0.485 e. The fourth-order valence-corrected chi connectivity index (χ4v) is 3.35. The van der Waals surface area contributed by atoms with Gasteiger partial charge in [-0.2, -0.15) is 0 Å². The van der Waals surface area contributed by atoms with Crippen LogP contribution in [-0.2, 0) is 6.61 Å². The van der Waals surface area contributed by atoms with Crippen molar-refractivity contribution in [1.82, 2.24) is 14.7 Å². The fraction of sp³-hybridized carbons (Fsp3) is 0.333. The van der Waals surface area contributed by atoms with Crippen LogP contribution >= 0.6 is 0 Å². The first-order valence-corrected chi connectivity index (χ1v) is 9.53. The number of carbonyl (C=O) groups excluding carboxylic acids is 1. The third-order valence-electron chi connectivity index (χ3n) is 5.16. The first-order chi connectivity index (χ1) is 14.0. The van der Waals surface area contributed by atoms with Gasteiger partial charge in [0.15, 0.2) is 11.4 Å². The van der Waals surface area contributed by atoms with Crippen LogP contribution in [0.4, 0.5) is 8.78 Å². The predicted octanol–water partition coefficient (Wildman–Crippen LogP) is 2.97. The molecule has 0 bridgehead atoms. The maximum Gasteiger partial charge on any atom is 0.270 e. The molecule has 1 fully saturated rings. The lowest BCUT2D eigenvalue weighted by molar-refractivity contribution is 0.0943. The number of aromatic nitrogens is 2. The van der Waals surface area contributed by atoms with Gasteiger partial charge in [-0.1, -0.05) is 6.07 Å². The molecule has 0 aliphatic heterocycles. The molecule has 2 heterocycles. The molecular formula is C21H22F2N4O2. The van der Waals surface area contributed by atoms with Crippen molar-refractivity contribution in [3.05, 3.63) is 65.1 Å². The molecule has 4 rings (SSSR count). The van der Waals surface area contributed by atoms with Crippen LogP contribution in [0.25, 0.3) is 5.65 Å². The summed E-state index contributed by atoms with van der Waals surface area (Å²) in [6.45, 7) is 1.84. The topological polar surface area (TPSA) is 81.7 Å². The highest BCUT2D eigenvalue weighted by atomic mass is 19.1. The Kier molecular flexibility index (Phi) is 5.19. The Balaban J connectivity index is 1.56. The van der Waals surface area contributed by atoms with Crippen molar-refractivity contribution in [3.8, 4) is 5.75 Å². The SMILES string of the molecule is Cc1nc2c(OCc3c(F)cccc3F)cccn2c1C(=O)NCC(N)C1CC1. The number of halogens is 2. The van der Waals surface area contributed by atoms with Gasteiger partial charge in [0, 0.05) is 18.8 Å². The second-order valence-electron chi connectivity index (χ2n) is 7.31. The number of amides is 1. The highest BCUT2D eigenvalue weighted by Gasteiger charge is 2.29. The molecule has 1 aliphatic rings. The van der Waals surface area contributed by atoms with Crippen LogP contribution in [0.3, 0.4) is 0 Å². The molecule has 2 aromatic heterocycles. The van der Waals surface area contributed by atoms with Crippen LogP contribution < -0.4 is 15.8 Å². The third-order valence-corrected chi connectivity index (χ3v) is 5.16. The summed E-state index contributed by atoms with van der Waals surface area (Å²) in [5.41, 5.74) is 7.20. The average molecular weight is 400 g/mol. The first kappa shape index (κ1) is 19.3. The van der Waals surface area contributed by atoms with Crippen molar-refractivity contribution in [2.24, 2.45) is 11.7 Å². The zero-order chi connectivity index (χ0) is 20.5. The van der Waals surface area contributed by atoms with Gasteiger partial charge < -0.3 is 15.8 Å². The molecule has 29 heavy (non-hydrogen) atoms. The Hall–Kier alpha value is -3.00. The lowest BCUT2D eigenvalue weighted by Crippen LogP contribution is -2.39. The van der Waals surface area contributed by atoms with E-state index in [-0.39, 0.29) is 24.1 Å². The van der Waals surface area contributed by atoms with E-state index in [4.69, 9.17) is 10.5 Å². The molecule has 0 spiro atoms. The normalized spacial score (nSPS) is 14.8. The van der Waals surface area contributed by atoms with E-state index >= 15 is 0 Å². The second-order valence-corrected chi connectivity index (χ2v) is 7.31. The van der Waals surface area contributed by atoms with Gasteiger partial charge in [-0.3, -0.25) is 9.20 Å². The van der Waals surface area contributed by atoms with Crippen LogP contribution in [0.15, 0.2) is 36.5 Å². The maximum absolute atomic E-state index is 13.8. The fourth-order valence-electron chi connectivity index (χ4n) is 3.35. The van der Waals surface area contributed by atoms with Crippen molar-refractivity contribution in [2.75, 3.05) is 6.54 Å². The minimum Gasteiger partial charge on any atom is -0.485 e. The Morgan fingerprint density at radius 3 is 2.72 bits per heavy atom.